The van der Waals surface area contributed by atoms with E-state index in [9.17, 15) is 0 Å². The third kappa shape index (κ3) is 6.96. The fourth-order valence-corrected chi connectivity index (χ4v) is 1.69. The highest BCUT2D eigenvalue weighted by Crippen LogP contribution is 2.09. The Kier molecular flexibility index (Phi) is 6.64. The monoisotopic (exact) mass is 232 g/mol. The molecular formula is C16H24O. The first-order valence-corrected chi connectivity index (χ1v) is 6.43. The lowest BCUT2D eigenvalue weighted by Gasteiger charge is -2.11. The van der Waals surface area contributed by atoms with Crippen LogP contribution in [0.3, 0.4) is 0 Å². The zero-order valence-corrected chi connectivity index (χ0v) is 11.3. The topological polar surface area (TPSA) is 9.23 Å². The normalized spacial score (nSPS) is 12.2. The van der Waals surface area contributed by atoms with Crippen LogP contribution in [0.5, 0.6) is 0 Å². The summed E-state index contributed by atoms with van der Waals surface area (Å²) in [6, 6.07) is 10.3. The van der Waals surface area contributed by atoms with E-state index in [4.69, 9.17) is 4.74 Å². The molecule has 0 saturated heterocycles. The van der Waals surface area contributed by atoms with Gasteiger partial charge < -0.3 is 4.74 Å². The molecule has 1 heteroatoms. The molecule has 0 fully saturated rings. The maximum Gasteiger partial charge on any atom is 0.0717 e. The van der Waals surface area contributed by atoms with E-state index in [0.717, 1.165) is 19.6 Å². The molecule has 0 unspecified atom stereocenters. The average Bonchev–Trinajstić information content (AvgIpc) is 2.30. The summed E-state index contributed by atoms with van der Waals surface area (Å²) in [4.78, 5) is 0. The zero-order chi connectivity index (χ0) is 12.5. The highest BCUT2D eigenvalue weighted by atomic mass is 16.5. The molecule has 1 rings (SSSR count). The van der Waals surface area contributed by atoms with Crippen molar-refractivity contribution in [1.29, 1.82) is 0 Å². The molecule has 0 heterocycles. The molecule has 0 aromatic heterocycles. The van der Waals surface area contributed by atoms with Crippen molar-refractivity contribution in [2.75, 3.05) is 6.61 Å². The molecule has 17 heavy (non-hydrogen) atoms. The van der Waals surface area contributed by atoms with E-state index in [1.165, 1.54) is 17.6 Å². The molecule has 0 spiro atoms. The van der Waals surface area contributed by atoms with Gasteiger partial charge in [0.2, 0.25) is 0 Å². The number of allylic oxidation sites excluding steroid dienone is 2. The van der Waals surface area contributed by atoms with Crippen molar-refractivity contribution >= 4 is 0 Å². The van der Waals surface area contributed by atoms with Crippen LogP contribution in [-0.2, 0) is 11.3 Å². The third-order valence-electron chi connectivity index (χ3n) is 2.73. The first-order chi connectivity index (χ1) is 8.18. The molecule has 0 aliphatic carbocycles. The summed E-state index contributed by atoms with van der Waals surface area (Å²) in [7, 11) is 0. The lowest BCUT2D eigenvalue weighted by atomic mass is 10.1. The first-order valence-electron chi connectivity index (χ1n) is 6.43. The Labute approximate surface area is 106 Å². The van der Waals surface area contributed by atoms with Gasteiger partial charge >= 0.3 is 0 Å². The maximum absolute atomic E-state index is 5.72. The first kappa shape index (κ1) is 14.0. The standard InChI is InChI=1S/C16H24O/c1-14(2)8-7-9-15(3)12-17-13-16-10-5-4-6-11-16/h4-6,8,10-11,15H,7,9,12-13H2,1-3H3/t15-/m0/s1. The van der Waals surface area contributed by atoms with Gasteiger partial charge in [-0.2, -0.15) is 0 Å². The predicted octanol–water partition coefficient (Wildman–Crippen LogP) is 4.59. The predicted molar refractivity (Wildman–Crippen MR) is 73.9 cm³/mol. The van der Waals surface area contributed by atoms with Crippen molar-refractivity contribution in [2.24, 2.45) is 5.92 Å². The van der Waals surface area contributed by atoms with E-state index in [1.807, 2.05) is 6.07 Å². The summed E-state index contributed by atoms with van der Waals surface area (Å²) in [5, 5.41) is 0. The Morgan fingerprint density at radius 1 is 1.24 bits per heavy atom. The molecule has 1 aromatic carbocycles. The Morgan fingerprint density at radius 2 is 1.94 bits per heavy atom. The van der Waals surface area contributed by atoms with Gasteiger partial charge in [-0.15, -0.1) is 0 Å². The summed E-state index contributed by atoms with van der Waals surface area (Å²) in [5.41, 5.74) is 2.66. The molecule has 0 amide bonds. The SMILES string of the molecule is CC(C)=CCC[C@H](C)COCc1ccccc1. The van der Waals surface area contributed by atoms with Gasteiger partial charge in [0.15, 0.2) is 0 Å². The van der Waals surface area contributed by atoms with Gasteiger partial charge in [-0.25, -0.2) is 0 Å². The van der Waals surface area contributed by atoms with Crippen LogP contribution in [0.1, 0.15) is 39.2 Å². The molecule has 1 nitrogen and oxygen atoms in total. The molecule has 0 aliphatic heterocycles. The number of rotatable bonds is 7. The van der Waals surface area contributed by atoms with Gasteiger partial charge in [0.05, 0.1) is 6.61 Å². The molecule has 1 aromatic rings. The van der Waals surface area contributed by atoms with Gasteiger partial charge in [-0.1, -0.05) is 48.9 Å². The van der Waals surface area contributed by atoms with Gasteiger partial charge in [0, 0.05) is 6.61 Å². The quantitative estimate of drug-likeness (QED) is 0.625. The summed E-state index contributed by atoms with van der Waals surface area (Å²) < 4.78 is 5.72. The fourth-order valence-electron chi connectivity index (χ4n) is 1.69. The van der Waals surface area contributed by atoms with Crippen LogP contribution >= 0.6 is 0 Å². The van der Waals surface area contributed by atoms with Crippen LogP contribution < -0.4 is 0 Å². The number of hydrogen-bond donors (Lipinski definition) is 0. The third-order valence-corrected chi connectivity index (χ3v) is 2.73. The molecule has 0 N–H and O–H groups in total. The van der Waals surface area contributed by atoms with Gasteiger partial charge in [0.25, 0.3) is 0 Å². The van der Waals surface area contributed by atoms with E-state index < -0.39 is 0 Å². The fraction of sp³-hybridized carbons (Fsp3) is 0.500. The Balaban J connectivity index is 2.12. The Morgan fingerprint density at radius 3 is 2.59 bits per heavy atom. The second-order valence-corrected chi connectivity index (χ2v) is 4.96. The lowest BCUT2D eigenvalue weighted by Crippen LogP contribution is -2.05. The number of benzene rings is 1. The van der Waals surface area contributed by atoms with Crippen LogP contribution in [0.4, 0.5) is 0 Å². The van der Waals surface area contributed by atoms with Crippen LogP contribution in [0.25, 0.3) is 0 Å². The average molecular weight is 232 g/mol. The Hall–Kier alpha value is -1.08. The van der Waals surface area contributed by atoms with Crippen molar-refractivity contribution in [1.82, 2.24) is 0 Å². The highest BCUT2D eigenvalue weighted by molar-refractivity contribution is 5.13. The summed E-state index contributed by atoms with van der Waals surface area (Å²) in [6.45, 7) is 8.14. The summed E-state index contributed by atoms with van der Waals surface area (Å²) in [5.74, 6) is 0.634. The minimum atomic E-state index is 0.634. The van der Waals surface area contributed by atoms with Crippen molar-refractivity contribution in [2.45, 2.75) is 40.2 Å². The van der Waals surface area contributed by atoms with Gasteiger partial charge in [-0.3, -0.25) is 0 Å². The van der Waals surface area contributed by atoms with E-state index in [2.05, 4.69) is 51.1 Å². The van der Waals surface area contributed by atoms with Crippen molar-refractivity contribution in [3.05, 3.63) is 47.5 Å². The smallest absolute Gasteiger partial charge is 0.0717 e. The number of hydrogen-bond acceptors (Lipinski definition) is 1. The number of ether oxygens (including phenoxy) is 1. The molecule has 0 radical (unpaired) electrons. The largest absolute Gasteiger partial charge is 0.376 e. The second kappa shape index (κ2) is 8.08. The molecule has 94 valence electrons. The van der Waals surface area contributed by atoms with Crippen molar-refractivity contribution in [3.63, 3.8) is 0 Å². The van der Waals surface area contributed by atoms with Crippen LogP contribution in [0, 0.1) is 5.92 Å². The minimum Gasteiger partial charge on any atom is -0.376 e. The summed E-state index contributed by atoms with van der Waals surface area (Å²) in [6.07, 6.45) is 4.67. The minimum absolute atomic E-state index is 0.634. The molecule has 0 bridgehead atoms. The van der Waals surface area contributed by atoms with Crippen molar-refractivity contribution in [3.8, 4) is 0 Å². The van der Waals surface area contributed by atoms with Crippen LogP contribution in [0.15, 0.2) is 42.0 Å². The maximum atomic E-state index is 5.72. The van der Waals surface area contributed by atoms with Gasteiger partial charge in [0.1, 0.15) is 0 Å². The van der Waals surface area contributed by atoms with Crippen LogP contribution in [0.2, 0.25) is 0 Å². The van der Waals surface area contributed by atoms with Gasteiger partial charge in [-0.05, 0) is 38.2 Å². The molecule has 1 atom stereocenters. The summed E-state index contributed by atoms with van der Waals surface area (Å²) >= 11 is 0. The van der Waals surface area contributed by atoms with Crippen LogP contribution in [-0.4, -0.2) is 6.61 Å². The molecule has 0 saturated carbocycles. The zero-order valence-electron chi connectivity index (χ0n) is 11.3. The molecular weight excluding hydrogens is 208 g/mol. The highest BCUT2D eigenvalue weighted by Gasteiger charge is 2.01. The Bertz CT molecular complexity index is 323. The van der Waals surface area contributed by atoms with E-state index in [1.54, 1.807) is 0 Å². The second-order valence-electron chi connectivity index (χ2n) is 4.96. The van der Waals surface area contributed by atoms with E-state index in [-0.39, 0.29) is 0 Å². The van der Waals surface area contributed by atoms with E-state index >= 15 is 0 Å². The van der Waals surface area contributed by atoms with Crippen molar-refractivity contribution < 1.29 is 4.74 Å². The lowest BCUT2D eigenvalue weighted by molar-refractivity contribution is 0.0898. The van der Waals surface area contributed by atoms with E-state index in [0.29, 0.717) is 5.92 Å². The molecule has 0 aliphatic rings.